The molecule has 3 rings (SSSR count). The van der Waals surface area contributed by atoms with Crippen molar-refractivity contribution in [1.29, 1.82) is 0 Å². The van der Waals surface area contributed by atoms with Crippen molar-refractivity contribution in [3.05, 3.63) is 34.4 Å². The monoisotopic (exact) mass is 447 g/mol. The van der Waals surface area contributed by atoms with Crippen LogP contribution in [0.25, 0.3) is 0 Å². The summed E-state index contributed by atoms with van der Waals surface area (Å²) in [6.45, 7) is 0.768. The predicted octanol–water partition coefficient (Wildman–Crippen LogP) is -2.37. The molecule has 1 aromatic rings. The van der Waals surface area contributed by atoms with Crippen LogP contribution in [0.2, 0.25) is 0 Å². The van der Waals surface area contributed by atoms with E-state index in [0.717, 1.165) is 0 Å². The number of nitro groups is 1. The average molecular weight is 447 g/mol. The van der Waals surface area contributed by atoms with Crippen molar-refractivity contribution >= 4 is 5.69 Å². The lowest BCUT2D eigenvalue weighted by molar-refractivity contribution is -0.384. The van der Waals surface area contributed by atoms with Gasteiger partial charge < -0.3 is 49.6 Å². The molecule has 2 aliphatic heterocycles. The fraction of sp³-hybridized carbons (Fsp3) is 0.667. The molecule has 2 fully saturated rings. The Kier molecular flexibility index (Phi) is 7.41. The van der Waals surface area contributed by atoms with Gasteiger partial charge in [0.25, 0.3) is 5.69 Å². The first-order valence-corrected chi connectivity index (χ1v) is 9.52. The summed E-state index contributed by atoms with van der Waals surface area (Å²) in [5.41, 5.74) is -0.180. The molecule has 0 radical (unpaired) electrons. The number of hydrogen-bond acceptors (Lipinski definition) is 12. The first-order chi connectivity index (χ1) is 14.6. The molecular weight excluding hydrogens is 422 g/mol. The molecule has 0 saturated carbocycles. The zero-order chi connectivity index (χ0) is 22.9. The zero-order valence-electron chi connectivity index (χ0n) is 16.4. The minimum Gasteiger partial charge on any atom is -0.462 e. The molecule has 0 amide bonds. The average Bonchev–Trinajstić information content (AvgIpc) is 2.75. The standard InChI is InChI=1S/C18H25NO12/c1-7-11(21)13(23)14(24)17(28-7)31-16-12(22)10(6-20)30-18(15(16)25)29-9-4-2-8(3-5-9)19(26)27/h2-5,7,10-18,20-25H,6H2,1H3/t7-,10-,11+,12-,13+,14-,15-,16+,17+,18-/m1/s1. The van der Waals surface area contributed by atoms with Crippen molar-refractivity contribution in [1.82, 2.24) is 0 Å². The fourth-order valence-electron chi connectivity index (χ4n) is 3.37. The summed E-state index contributed by atoms with van der Waals surface area (Å²) in [6, 6.07) is 4.90. The number of aliphatic hydroxyl groups is 6. The second-order valence-electron chi connectivity index (χ2n) is 7.36. The fourth-order valence-corrected chi connectivity index (χ4v) is 3.37. The molecule has 0 spiro atoms. The molecule has 0 bridgehead atoms. The maximum Gasteiger partial charge on any atom is 0.269 e. The van der Waals surface area contributed by atoms with Crippen molar-refractivity contribution in [3.63, 3.8) is 0 Å². The van der Waals surface area contributed by atoms with E-state index in [1.807, 2.05) is 0 Å². The van der Waals surface area contributed by atoms with Gasteiger partial charge in [-0.2, -0.15) is 0 Å². The van der Waals surface area contributed by atoms with Gasteiger partial charge in [-0.3, -0.25) is 10.1 Å². The normalized spacial score (nSPS) is 41.0. The minimum absolute atomic E-state index is 0.0996. The lowest BCUT2D eigenvalue weighted by Crippen LogP contribution is -2.64. The molecule has 31 heavy (non-hydrogen) atoms. The smallest absolute Gasteiger partial charge is 0.269 e. The highest BCUT2D eigenvalue weighted by Crippen LogP contribution is 2.30. The Bertz CT molecular complexity index is 748. The lowest BCUT2D eigenvalue weighted by Gasteiger charge is -2.45. The van der Waals surface area contributed by atoms with Gasteiger partial charge in [0, 0.05) is 12.1 Å². The van der Waals surface area contributed by atoms with Gasteiger partial charge in [-0.05, 0) is 19.1 Å². The summed E-state index contributed by atoms with van der Waals surface area (Å²) in [4.78, 5) is 10.2. The molecule has 13 heteroatoms. The van der Waals surface area contributed by atoms with Gasteiger partial charge in [0.2, 0.25) is 6.29 Å². The Morgan fingerprint density at radius 3 is 2.16 bits per heavy atom. The molecule has 2 heterocycles. The molecule has 0 aliphatic carbocycles. The largest absolute Gasteiger partial charge is 0.462 e. The second-order valence-corrected chi connectivity index (χ2v) is 7.36. The van der Waals surface area contributed by atoms with Crippen LogP contribution >= 0.6 is 0 Å². The quantitative estimate of drug-likeness (QED) is 0.200. The Hall–Kier alpha value is -1.94. The Labute approximate surface area is 176 Å². The molecule has 1 aromatic carbocycles. The van der Waals surface area contributed by atoms with Crippen molar-refractivity contribution in [2.75, 3.05) is 6.61 Å². The molecule has 0 unspecified atom stereocenters. The summed E-state index contributed by atoms with van der Waals surface area (Å²) in [5.74, 6) is 0.0996. The number of nitro benzene ring substituents is 1. The third kappa shape index (κ3) is 4.95. The van der Waals surface area contributed by atoms with Crippen LogP contribution in [0.15, 0.2) is 24.3 Å². The van der Waals surface area contributed by atoms with Gasteiger partial charge in [-0.15, -0.1) is 0 Å². The van der Waals surface area contributed by atoms with E-state index in [0.29, 0.717) is 0 Å². The van der Waals surface area contributed by atoms with Gasteiger partial charge in [-0.25, -0.2) is 0 Å². The van der Waals surface area contributed by atoms with E-state index in [-0.39, 0.29) is 11.4 Å². The second kappa shape index (κ2) is 9.68. The molecule has 174 valence electrons. The molecule has 13 nitrogen and oxygen atoms in total. The zero-order valence-corrected chi connectivity index (χ0v) is 16.4. The summed E-state index contributed by atoms with van der Waals surface area (Å²) in [6.07, 6.45) is -14.5. The summed E-state index contributed by atoms with van der Waals surface area (Å²) in [5, 5.41) is 71.2. The van der Waals surface area contributed by atoms with Gasteiger partial charge in [0.1, 0.15) is 48.5 Å². The SMILES string of the molecule is C[C@H]1O[C@@H](O[C@@H]2[C@@H](O)[C@H](Oc3ccc([N+](=O)[O-])cc3)O[C@H](CO)[C@H]2O)[C@H](O)[C@@H](O)[C@H]1O. The number of benzene rings is 1. The number of ether oxygens (including phenoxy) is 4. The first kappa shape index (κ1) is 23.7. The number of hydrogen-bond donors (Lipinski definition) is 6. The summed E-state index contributed by atoms with van der Waals surface area (Å²) < 4.78 is 21.7. The van der Waals surface area contributed by atoms with Crippen LogP contribution in [-0.2, 0) is 14.2 Å². The van der Waals surface area contributed by atoms with Crippen LogP contribution in [0.1, 0.15) is 6.92 Å². The summed E-state index contributed by atoms with van der Waals surface area (Å²) >= 11 is 0. The van der Waals surface area contributed by atoms with Crippen LogP contribution in [0.4, 0.5) is 5.69 Å². The number of nitrogens with zero attached hydrogens (tertiary/aromatic N) is 1. The van der Waals surface area contributed by atoms with Gasteiger partial charge in [-0.1, -0.05) is 0 Å². The molecule has 6 N–H and O–H groups in total. The van der Waals surface area contributed by atoms with E-state index in [9.17, 15) is 40.8 Å². The first-order valence-electron chi connectivity index (χ1n) is 9.52. The van der Waals surface area contributed by atoms with Crippen LogP contribution in [0.5, 0.6) is 5.75 Å². The molecule has 0 aromatic heterocycles. The molecular formula is C18H25NO12. The van der Waals surface area contributed by atoms with E-state index >= 15 is 0 Å². The topological polar surface area (TPSA) is 201 Å². The number of aliphatic hydroxyl groups excluding tert-OH is 6. The van der Waals surface area contributed by atoms with E-state index in [4.69, 9.17) is 18.9 Å². The minimum atomic E-state index is -1.69. The van der Waals surface area contributed by atoms with Crippen molar-refractivity contribution in [3.8, 4) is 5.75 Å². The number of rotatable bonds is 6. The highest BCUT2D eigenvalue weighted by molar-refractivity contribution is 5.36. The Balaban J connectivity index is 1.75. The maximum atomic E-state index is 10.8. The highest BCUT2D eigenvalue weighted by Gasteiger charge is 2.50. The molecule has 2 saturated heterocycles. The van der Waals surface area contributed by atoms with Crippen LogP contribution < -0.4 is 4.74 Å². The predicted molar refractivity (Wildman–Crippen MR) is 98.7 cm³/mol. The molecule has 2 aliphatic rings. The maximum absolute atomic E-state index is 10.8. The lowest BCUT2D eigenvalue weighted by atomic mass is 9.97. The third-order valence-electron chi connectivity index (χ3n) is 5.22. The molecule has 10 atom stereocenters. The summed E-state index contributed by atoms with van der Waals surface area (Å²) in [7, 11) is 0. The van der Waals surface area contributed by atoms with Gasteiger partial charge >= 0.3 is 0 Å². The van der Waals surface area contributed by atoms with Crippen LogP contribution in [-0.4, -0.2) is 104 Å². The van der Waals surface area contributed by atoms with Crippen molar-refractivity contribution in [2.45, 2.75) is 68.3 Å². The Morgan fingerprint density at radius 2 is 1.58 bits per heavy atom. The van der Waals surface area contributed by atoms with Gasteiger partial charge in [0.15, 0.2) is 6.29 Å². The van der Waals surface area contributed by atoms with Crippen molar-refractivity contribution < 1.29 is 54.5 Å². The third-order valence-corrected chi connectivity index (χ3v) is 5.22. The number of non-ortho nitro benzene ring substituents is 1. The van der Waals surface area contributed by atoms with Gasteiger partial charge in [0.05, 0.1) is 17.6 Å². The van der Waals surface area contributed by atoms with Crippen LogP contribution in [0, 0.1) is 10.1 Å². The Morgan fingerprint density at radius 1 is 0.935 bits per heavy atom. The van der Waals surface area contributed by atoms with Crippen molar-refractivity contribution in [2.24, 2.45) is 0 Å². The van der Waals surface area contributed by atoms with E-state index in [1.54, 1.807) is 0 Å². The van der Waals surface area contributed by atoms with E-state index in [2.05, 4.69) is 0 Å². The van der Waals surface area contributed by atoms with Crippen LogP contribution in [0.3, 0.4) is 0 Å². The highest BCUT2D eigenvalue weighted by atomic mass is 16.7. The van der Waals surface area contributed by atoms with E-state index in [1.165, 1.54) is 31.2 Å². The van der Waals surface area contributed by atoms with E-state index < -0.39 is 72.9 Å².